The summed E-state index contributed by atoms with van der Waals surface area (Å²) in [6.45, 7) is 1.48. The number of nitrogen functional groups attached to an aromatic ring is 1. The number of ether oxygens (including phenoxy) is 2. The van der Waals surface area contributed by atoms with Gasteiger partial charge in [0.2, 0.25) is 0 Å². The average Bonchev–Trinajstić information content (AvgIpc) is 3.32. The van der Waals surface area contributed by atoms with Crippen molar-refractivity contribution in [3.05, 3.63) is 64.3 Å². The van der Waals surface area contributed by atoms with Gasteiger partial charge in [0.15, 0.2) is 12.5 Å². The van der Waals surface area contributed by atoms with Gasteiger partial charge in [0.05, 0.1) is 23.9 Å². The van der Waals surface area contributed by atoms with Crippen LogP contribution in [0.1, 0.15) is 24.6 Å². The molecule has 0 spiro atoms. The molecule has 3 heterocycles. The minimum absolute atomic E-state index is 0.140. The van der Waals surface area contributed by atoms with Gasteiger partial charge in [-0.15, -0.1) is 0 Å². The molecule has 1 fully saturated rings. The van der Waals surface area contributed by atoms with Gasteiger partial charge >= 0.3 is 0 Å². The van der Waals surface area contributed by atoms with Gasteiger partial charge < -0.3 is 15.2 Å². The number of aromatic nitrogens is 3. The quantitative estimate of drug-likeness (QED) is 0.549. The maximum Gasteiger partial charge on any atom is 0.183 e. The number of rotatable bonds is 5. The Bertz CT molecular complexity index is 1050. The molecule has 4 atom stereocenters. The molecule has 2 aromatic heterocycles. The van der Waals surface area contributed by atoms with Crippen molar-refractivity contribution in [3.63, 3.8) is 0 Å². The summed E-state index contributed by atoms with van der Waals surface area (Å²) in [4.78, 5) is 4.05. The molecule has 0 amide bonds. The maximum atomic E-state index is 14.7. The van der Waals surface area contributed by atoms with Crippen molar-refractivity contribution in [1.29, 1.82) is 0 Å². The molecule has 6 nitrogen and oxygen atoms in total. The van der Waals surface area contributed by atoms with Gasteiger partial charge in [0, 0.05) is 34.1 Å². The average molecular weight is 455 g/mol. The number of benzene rings is 1. The Kier molecular flexibility index (Phi) is 5.92. The van der Waals surface area contributed by atoms with E-state index >= 15 is 0 Å². The van der Waals surface area contributed by atoms with Crippen molar-refractivity contribution >= 4 is 29.0 Å². The van der Waals surface area contributed by atoms with E-state index in [1.165, 1.54) is 16.8 Å². The number of nitrogens with zero attached hydrogens (tertiary/aromatic N) is 3. The molecular formula is C20H18Cl2F2N4O2. The summed E-state index contributed by atoms with van der Waals surface area (Å²) in [7, 11) is 0. The number of hydrogen-bond acceptors (Lipinski definition) is 5. The molecular weight excluding hydrogens is 437 g/mol. The highest BCUT2D eigenvalue weighted by molar-refractivity contribution is 6.36. The van der Waals surface area contributed by atoms with Crippen molar-refractivity contribution in [2.24, 2.45) is 0 Å². The lowest BCUT2D eigenvalue weighted by atomic mass is 10.1. The Morgan fingerprint density at radius 1 is 1.23 bits per heavy atom. The van der Waals surface area contributed by atoms with E-state index in [1.807, 2.05) is 0 Å². The van der Waals surface area contributed by atoms with Gasteiger partial charge in [-0.1, -0.05) is 23.2 Å². The second-order valence-corrected chi connectivity index (χ2v) is 7.71. The van der Waals surface area contributed by atoms with Gasteiger partial charge in [0.1, 0.15) is 17.7 Å². The van der Waals surface area contributed by atoms with E-state index in [1.54, 1.807) is 37.6 Å². The fraction of sp³-hybridized carbons (Fsp3) is 0.300. The molecule has 3 aromatic rings. The number of alkyl halides is 1. The molecule has 2 N–H and O–H groups in total. The van der Waals surface area contributed by atoms with Crippen molar-refractivity contribution in [1.82, 2.24) is 14.8 Å². The lowest BCUT2D eigenvalue weighted by molar-refractivity contribution is -0.157. The van der Waals surface area contributed by atoms with Crippen LogP contribution in [0, 0.1) is 5.82 Å². The first-order valence-corrected chi connectivity index (χ1v) is 9.91. The molecule has 1 saturated heterocycles. The van der Waals surface area contributed by atoms with Crippen LogP contribution in [0.4, 0.5) is 14.6 Å². The highest BCUT2D eigenvalue weighted by Gasteiger charge is 2.42. The van der Waals surface area contributed by atoms with Crippen molar-refractivity contribution in [2.45, 2.75) is 31.5 Å². The fourth-order valence-corrected chi connectivity index (χ4v) is 4.05. The summed E-state index contributed by atoms with van der Waals surface area (Å²) in [6.07, 6.45) is 1.83. The van der Waals surface area contributed by atoms with E-state index < -0.39 is 30.4 Å². The second kappa shape index (κ2) is 8.47. The zero-order chi connectivity index (χ0) is 21.4. The van der Waals surface area contributed by atoms with Crippen LogP contribution in [0.25, 0.3) is 11.1 Å². The van der Waals surface area contributed by atoms with Crippen LogP contribution in [0.3, 0.4) is 0 Å². The van der Waals surface area contributed by atoms with Crippen LogP contribution < -0.4 is 5.73 Å². The summed E-state index contributed by atoms with van der Waals surface area (Å²) in [5, 5.41) is 4.38. The molecule has 0 bridgehead atoms. The van der Waals surface area contributed by atoms with Crippen LogP contribution >= 0.6 is 23.2 Å². The molecule has 4 rings (SSSR count). The lowest BCUT2D eigenvalue weighted by Crippen LogP contribution is -2.29. The van der Waals surface area contributed by atoms with E-state index in [4.69, 9.17) is 38.4 Å². The summed E-state index contributed by atoms with van der Waals surface area (Å²) in [6, 6.07) is 5.19. The van der Waals surface area contributed by atoms with E-state index in [0.29, 0.717) is 5.82 Å². The Morgan fingerprint density at radius 2 is 2.03 bits per heavy atom. The van der Waals surface area contributed by atoms with Gasteiger partial charge in [0.25, 0.3) is 0 Å². The lowest BCUT2D eigenvalue weighted by Gasteiger charge is -2.25. The predicted octanol–water partition coefficient (Wildman–Crippen LogP) is 4.99. The van der Waals surface area contributed by atoms with Crippen LogP contribution in [0.15, 0.2) is 42.9 Å². The van der Waals surface area contributed by atoms with Gasteiger partial charge in [-0.2, -0.15) is 5.10 Å². The summed E-state index contributed by atoms with van der Waals surface area (Å²) in [5.41, 5.74) is 7.42. The Morgan fingerprint density at radius 3 is 2.77 bits per heavy atom. The summed E-state index contributed by atoms with van der Waals surface area (Å²) in [5.74, 6) is -0.219. The van der Waals surface area contributed by atoms with Crippen molar-refractivity contribution in [3.8, 4) is 11.1 Å². The van der Waals surface area contributed by atoms with Gasteiger partial charge in [-0.25, -0.2) is 13.8 Å². The molecule has 10 heteroatoms. The number of pyridine rings is 1. The Hall–Kier alpha value is -2.26. The zero-order valence-electron chi connectivity index (χ0n) is 15.8. The summed E-state index contributed by atoms with van der Waals surface area (Å²) >= 11 is 12.2. The van der Waals surface area contributed by atoms with Crippen molar-refractivity contribution in [2.75, 3.05) is 12.3 Å². The summed E-state index contributed by atoms with van der Waals surface area (Å²) < 4.78 is 41.4. The number of hydrogen-bond donors (Lipinski definition) is 1. The fourth-order valence-electron chi connectivity index (χ4n) is 3.38. The predicted molar refractivity (Wildman–Crippen MR) is 109 cm³/mol. The zero-order valence-corrected chi connectivity index (χ0v) is 17.3. The molecule has 3 unspecified atom stereocenters. The van der Waals surface area contributed by atoms with Crippen molar-refractivity contribution < 1.29 is 18.3 Å². The van der Waals surface area contributed by atoms with E-state index in [-0.39, 0.29) is 22.2 Å². The molecule has 1 aliphatic heterocycles. The van der Waals surface area contributed by atoms with Gasteiger partial charge in [-0.05, 0) is 31.2 Å². The molecule has 1 aromatic carbocycles. The van der Waals surface area contributed by atoms with Crippen LogP contribution in [0.2, 0.25) is 10.0 Å². The minimum atomic E-state index is -1.35. The Labute approximate surface area is 181 Å². The van der Waals surface area contributed by atoms with E-state index in [9.17, 15) is 8.78 Å². The molecule has 0 saturated carbocycles. The third-order valence-electron chi connectivity index (χ3n) is 4.92. The first-order chi connectivity index (χ1) is 14.3. The number of halogens is 4. The maximum absolute atomic E-state index is 14.7. The number of nitrogens with two attached hydrogens (primary N) is 1. The number of anilines is 1. The highest BCUT2D eigenvalue weighted by Crippen LogP contribution is 2.38. The first kappa shape index (κ1) is 21.0. The van der Waals surface area contributed by atoms with Crippen LogP contribution in [-0.2, 0) is 9.47 Å². The topological polar surface area (TPSA) is 75.2 Å². The molecule has 158 valence electrons. The molecule has 0 aliphatic carbocycles. The van der Waals surface area contributed by atoms with Gasteiger partial charge in [-0.3, -0.25) is 4.68 Å². The normalized spacial score (nSPS) is 22.4. The third-order valence-corrected chi connectivity index (χ3v) is 5.63. The van der Waals surface area contributed by atoms with E-state index in [2.05, 4.69) is 10.1 Å². The molecule has 0 radical (unpaired) electrons. The monoisotopic (exact) mass is 454 g/mol. The Balaban J connectivity index is 1.57. The van der Waals surface area contributed by atoms with Crippen LogP contribution in [-0.4, -0.2) is 33.8 Å². The first-order valence-electron chi connectivity index (χ1n) is 9.15. The smallest absolute Gasteiger partial charge is 0.183 e. The standard InChI is InChI=1S/C20H18Cl2F2N4O2/c1-10(17-13(21)3-4-14(23)18(17)22)30-20-19(15(24)9-29-20)28-8-12(7-27-28)11-2-5-16(25)26-6-11/h2-8,10,15,19-20H,9H2,1H3,(H2,25,26)/t10-,15?,19?,20?/m1/s1. The highest BCUT2D eigenvalue weighted by atomic mass is 35.5. The second-order valence-electron chi connectivity index (χ2n) is 6.92. The van der Waals surface area contributed by atoms with E-state index in [0.717, 1.165) is 11.1 Å². The molecule has 1 aliphatic rings. The third kappa shape index (κ3) is 4.00. The largest absolute Gasteiger partial charge is 0.384 e. The SMILES string of the molecule is C[C@@H](OC1OCC(F)C1n1cc(-c2ccc(N)nc2)cn1)c1c(Cl)ccc(F)c1Cl. The molecule has 30 heavy (non-hydrogen) atoms. The van der Waals surface area contributed by atoms with Crippen LogP contribution in [0.5, 0.6) is 0 Å². The minimum Gasteiger partial charge on any atom is -0.384 e.